The third kappa shape index (κ3) is 2.63. The van der Waals surface area contributed by atoms with Crippen LogP contribution in [-0.4, -0.2) is 22.9 Å². The average Bonchev–Trinajstić information content (AvgIpc) is 3.17. The highest BCUT2D eigenvalue weighted by Gasteiger charge is 2.34. The number of H-pyrrole nitrogens is 1. The third-order valence-corrected chi connectivity index (χ3v) is 4.24. The molecule has 1 aliphatic rings. The molecule has 0 saturated carbocycles. The summed E-state index contributed by atoms with van der Waals surface area (Å²) >= 11 is 0. The predicted molar refractivity (Wildman–Crippen MR) is 86.2 cm³/mol. The first-order chi connectivity index (χ1) is 12.3. The lowest BCUT2D eigenvalue weighted by molar-refractivity contribution is -0.137. The Morgan fingerprint density at radius 3 is 2.65 bits per heavy atom. The lowest BCUT2D eigenvalue weighted by atomic mass is 10.0. The maximum absolute atomic E-state index is 13.3. The first-order valence-corrected chi connectivity index (χ1v) is 7.67. The maximum Gasteiger partial charge on any atom is 0.418 e. The van der Waals surface area contributed by atoms with Crippen LogP contribution >= 0.6 is 0 Å². The van der Waals surface area contributed by atoms with Gasteiger partial charge in [0.2, 0.25) is 6.79 Å². The highest BCUT2D eigenvalue weighted by molar-refractivity contribution is 5.96. The summed E-state index contributed by atoms with van der Waals surface area (Å²) < 4.78 is 50.5. The van der Waals surface area contributed by atoms with E-state index in [1.165, 1.54) is 12.1 Å². The predicted octanol–water partition coefficient (Wildman–Crippen LogP) is 4.21. The van der Waals surface area contributed by atoms with Crippen LogP contribution in [-0.2, 0) is 17.4 Å². The van der Waals surface area contributed by atoms with Crippen molar-refractivity contribution in [2.24, 2.45) is 0 Å². The van der Waals surface area contributed by atoms with Crippen molar-refractivity contribution in [1.29, 1.82) is 0 Å². The van der Waals surface area contributed by atoms with E-state index in [1.807, 2.05) is 0 Å². The summed E-state index contributed by atoms with van der Waals surface area (Å²) in [6, 6.07) is 8.62. The topological polar surface area (TPSA) is 71.6 Å². The standard InChI is InChI=1S/C18H12F3NO4/c19-18(20,21)12-3-1-2-10-11(7-15(23)24)16(22-17(10)12)9-4-5-13-14(6-9)26-8-25-13/h1-6,22H,7-8H2,(H,23,24). The van der Waals surface area contributed by atoms with Crippen molar-refractivity contribution >= 4 is 16.9 Å². The van der Waals surface area contributed by atoms with Gasteiger partial charge in [-0.2, -0.15) is 13.2 Å². The smallest absolute Gasteiger partial charge is 0.418 e. The van der Waals surface area contributed by atoms with Crippen molar-refractivity contribution in [2.45, 2.75) is 12.6 Å². The molecular formula is C18H12F3NO4. The molecule has 0 saturated heterocycles. The van der Waals surface area contributed by atoms with Crippen molar-refractivity contribution in [3.05, 3.63) is 47.5 Å². The van der Waals surface area contributed by atoms with Crippen LogP contribution in [0.5, 0.6) is 11.5 Å². The molecule has 0 aliphatic carbocycles. The summed E-state index contributed by atoms with van der Waals surface area (Å²) in [5, 5.41) is 9.45. The van der Waals surface area contributed by atoms with E-state index in [9.17, 15) is 23.1 Å². The Labute approximate surface area is 145 Å². The van der Waals surface area contributed by atoms with E-state index in [0.29, 0.717) is 22.8 Å². The summed E-state index contributed by atoms with van der Waals surface area (Å²) in [7, 11) is 0. The van der Waals surface area contributed by atoms with Crippen LogP contribution in [0.15, 0.2) is 36.4 Å². The van der Waals surface area contributed by atoms with Gasteiger partial charge in [0.15, 0.2) is 11.5 Å². The van der Waals surface area contributed by atoms with Crippen LogP contribution in [0.1, 0.15) is 11.1 Å². The molecule has 134 valence electrons. The summed E-state index contributed by atoms with van der Waals surface area (Å²) in [5.41, 5.74) is 0.155. The second-order valence-corrected chi connectivity index (χ2v) is 5.84. The molecule has 0 fully saturated rings. The highest BCUT2D eigenvalue weighted by atomic mass is 19.4. The Bertz CT molecular complexity index is 1020. The van der Waals surface area contributed by atoms with Gasteiger partial charge < -0.3 is 19.6 Å². The fraction of sp³-hybridized carbons (Fsp3) is 0.167. The number of alkyl halides is 3. The number of carboxylic acids is 1. The van der Waals surface area contributed by atoms with Crippen LogP contribution in [0.25, 0.3) is 22.2 Å². The molecular weight excluding hydrogens is 351 g/mol. The number of fused-ring (bicyclic) bond motifs is 2. The number of benzene rings is 2. The number of hydrogen-bond donors (Lipinski definition) is 2. The van der Waals surface area contributed by atoms with Crippen molar-refractivity contribution in [3.63, 3.8) is 0 Å². The van der Waals surface area contributed by atoms with E-state index in [0.717, 1.165) is 6.07 Å². The number of aromatic nitrogens is 1. The number of hydrogen-bond acceptors (Lipinski definition) is 3. The number of carbonyl (C=O) groups is 1. The number of carboxylic acid groups (broad SMARTS) is 1. The van der Waals surface area contributed by atoms with E-state index >= 15 is 0 Å². The van der Waals surface area contributed by atoms with Gasteiger partial charge in [-0.25, -0.2) is 0 Å². The van der Waals surface area contributed by atoms with Crippen molar-refractivity contribution in [1.82, 2.24) is 4.98 Å². The SMILES string of the molecule is O=C(O)Cc1c(-c2ccc3c(c2)OCO3)[nH]c2c(C(F)(F)F)cccc12. The molecule has 26 heavy (non-hydrogen) atoms. The molecule has 0 bridgehead atoms. The lowest BCUT2D eigenvalue weighted by Crippen LogP contribution is -2.05. The van der Waals surface area contributed by atoms with Crippen LogP contribution in [0, 0.1) is 0 Å². The van der Waals surface area contributed by atoms with Gasteiger partial charge in [-0.15, -0.1) is 0 Å². The minimum absolute atomic E-state index is 0.0612. The molecule has 0 unspecified atom stereocenters. The molecule has 0 radical (unpaired) electrons. The van der Waals surface area contributed by atoms with E-state index < -0.39 is 24.1 Å². The molecule has 2 aromatic carbocycles. The molecule has 0 amide bonds. The van der Waals surface area contributed by atoms with Gasteiger partial charge in [0, 0.05) is 10.9 Å². The summed E-state index contributed by atoms with van der Waals surface area (Å²) in [6.45, 7) is 0.0612. The number of aliphatic carboxylic acids is 1. The number of aromatic amines is 1. The van der Waals surface area contributed by atoms with E-state index in [1.54, 1.807) is 18.2 Å². The number of rotatable bonds is 3. The highest BCUT2D eigenvalue weighted by Crippen LogP contribution is 2.41. The molecule has 1 aliphatic heterocycles. The molecule has 0 spiro atoms. The second kappa shape index (κ2) is 5.69. The third-order valence-electron chi connectivity index (χ3n) is 4.24. The molecule has 8 heteroatoms. The van der Waals surface area contributed by atoms with Crippen LogP contribution in [0.2, 0.25) is 0 Å². The Morgan fingerprint density at radius 2 is 1.92 bits per heavy atom. The fourth-order valence-electron chi connectivity index (χ4n) is 3.14. The van der Waals surface area contributed by atoms with Crippen molar-refractivity contribution in [3.8, 4) is 22.8 Å². The molecule has 2 N–H and O–H groups in total. The monoisotopic (exact) mass is 363 g/mol. The second-order valence-electron chi connectivity index (χ2n) is 5.84. The van der Waals surface area contributed by atoms with Crippen molar-refractivity contribution < 1.29 is 32.5 Å². The van der Waals surface area contributed by atoms with E-state index in [4.69, 9.17) is 9.47 Å². The average molecular weight is 363 g/mol. The van der Waals surface area contributed by atoms with Crippen LogP contribution in [0.3, 0.4) is 0 Å². The number of para-hydroxylation sites is 1. The van der Waals surface area contributed by atoms with Crippen LogP contribution < -0.4 is 9.47 Å². The Kier molecular flexibility index (Phi) is 3.57. The van der Waals surface area contributed by atoms with Gasteiger partial charge in [-0.1, -0.05) is 12.1 Å². The Hall–Kier alpha value is -3.16. The van der Waals surface area contributed by atoms with Gasteiger partial charge in [0.25, 0.3) is 0 Å². The summed E-state index contributed by atoms with van der Waals surface area (Å²) in [6.07, 6.45) is -4.97. The van der Waals surface area contributed by atoms with Gasteiger partial charge in [-0.3, -0.25) is 4.79 Å². The van der Waals surface area contributed by atoms with Gasteiger partial charge in [0.1, 0.15) is 0 Å². The normalized spacial score (nSPS) is 13.3. The fourth-order valence-corrected chi connectivity index (χ4v) is 3.14. The number of nitrogens with one attached hydrogen (secondary N) is 1. The molecule has 3 aromatic rings. The molecule has 2 heterocycles. The van der Waals surface area contributed by atoms with Gasteiger partial charge >= 0.3 is 12.1 Å². The van der Waals surface area contributed by atoms with E-state index in [2.05, 4.69) is 4.98 Å². The summed E-state index contributed by atoms with van der Waals surface area (Å²) in [4.78, 5) is 14.1. The first kappa shape index (κ1) is 16.3. The lowest BCUT2D eigenvalue weighted by Gasteiger charge is -2.07. The largest absolute Gasteiger partial charge is 0.481 e. The molecule has 0 atom stereocenters. The quantitative estimate of drug-likeness (QED) is 0.731. The first-order valence-electron chi connectivity index (χ1n) is 7.67. The minimum Gasteiger partial charge on any atom is -0.481 e. The molecule has 4 rings (SSSR count). The Balaban J connectivity index is 1.97. The number of ether oxygens (including phenoxy) is 2. The zero-order valence-corrected chi connectivity index (χ0v) is 13.2. The zero-order valence-electron chi connectivity index (χ0n) is 13.2. The maximum atomic E-state index is 13.3. The van der Waals surface area contributed by atoms with Crippen molar-refractivity contribution in [2.75, 3.05) is 6.79 Å². The molecule has 1 aromatic heterocycles. The van der Waals surface area contributed by atoms with Gasteiger partial charge in [0.05, 0.1) is 23.2 Å². The summed E-state index contributed by atoms with van der Waals surface area (Å²) in [5.74, 6) is -0.149. The number of halogens is 3. The minimum atomic E-state index is -4.56. The Morgan fingerprint density at radius 1 is 1.15 bits per heavy atom. The van der Waals surface area contributed by atoms with Crippen LogP contribution in [0.4, 0.5) is 13.2 Å². The van der Waals surface area contributed by atoms with E-state index in [-0.39, 0.29) is 23.3 Å². The van der Waals surface area contributed by atoms with Gasteiger partial charge in [-0.05, 0) is 29.8 Å². The zero-order chi connectivity index (χ0) is 18.5. The molecule has 5 nitrogen and oxygen atoms in total.